The lowest BCUT2D eigenvalue weighted by Gasteiger charge is -2.24. The third-order valence-corrected chi connectivity index (χ3v) is 5.97. The summed E-state index contributed by atoms with van der Waals surface area (Å²) < 4.78 is 30.9. The minimum atomic E-state index is -3.67. The first-order chi connectivity index (χ1) is 13.1. The van der Waals surface area contributed by atoms with Crippen molar-refractivity contribution in [2.45, 2.75) is 13.8 Å². The molecule has 2 rings (SSSR count). The number of nitrogens with one attached hydrogen (secondary N) is 1. The second-order valence-electron chi connectivity index (χ2n) is 6.26. The van der Waals surface area contributed by atoms with Crippen LogP contribution in [-0.2, 0) is 14.8 Å². The molecule has 0 saturated carbocycles. The average molecular weight is 445 g/mol. The number of nitrogens with zero attached hydrogens (tertiary/aromatic N) is 1. The number of aryl methyl sites for hydroxylation is 1. The Hall–Kier alpha value is -1.96. The van der Waals surface area contributed by atoms with Crippen LogP contribution in [0, 0.1) is 13.8 Å². The molecule has 0 unspecified atom stereocenters. The fourth-order valence-corrected chi connectivity index (χ4v) is 3.70. The predicted octanol–water partition coefficient (Wildman–Crippen LogP) is 3.57. The van der Waals surface area contributed by atoms with Crippen LogP contribution in [-0.4, -0.2) is 40.3 Å². The number of anilines is 1. The van der Waals surface area contributed by atoms with E-state index in [1.165, 1.54) is 0 Å². The van der Waals surface area contributed by atoms with Gasteiger partial charge in [-0.05, 0) is 49.2 Å². The standard InChI is InChI=1S/C19H22Cl2N2O4S/c1-13-7-8-15(11-17(13)21)27-10-9-22-19(24)12-23(28(3,25)26)18-6-4-5-16(20)14(18)2/h4-8,11H,9-10,12H2,1-3H3,(H,22,24). The van der Waals surface area contributed by atoms with Gasteiger partial charge in [-0.2, -0.15) is 0 Å². The smallest absolute Gasteiger partial charge is 0.240 e. The van der Waals surface area contributed by atoms with Gasteiger partial charge in [-0.3, -0.25) is 9.10 Å². The topological polar surface area (TPSA) is 75.7 Å². The maximum absolute atomic E-state index is 12.3. The highest BCUT2D eigenvalue weighted by Crippen LogP contribution is 2.28. The molecule has 0 aliphatic rings. The molecular weight excluding hydrogens is 423 g/mol. The first kappa shape index (κ1) is 22.3. The van der Waals surface area contributed by atoms with Crippen molar-refractivity contribution in [1.82, 2.24) is 5.32 Å². The molecule has 0 radical (unpaired) electrons. The predicted molar refractivity (Wildman–Crippen MR) is 113 cm³/mol. The lowest BCUT2D eigenvalue weighted by atomic mass is 10.2. The maximum Gasteiger partial charge on any atom is 0.240 e. The Kier molecular flexibility index (Phi) is 7.57. The number of hydrogen-bond acceptors (Lipinski definition) is 4. The van der Waals surface area contributed by atoms with Gasteiger partial charge in [0.05, 0.1) is 18.5 Å². The molecule has 0 spiro atoms. The van der Waals surface area contributed by atoms with Gasteiger partial charge < -0.3 is 10.1 Å². The summed E-state index contributed by atoms with van der Waals surface area (Å²) in [6, 6.07) is 10.2. The van der Waals surface area contributed by atoms with Gasteiger partial charge in [-0.15, -0.1) is 0 Å². The molecule has 0 saturated heterocycles. The van der Waals surface area contributed by atoms with E-state index >= 15 is 0 Å². The lowest BCUT2D eigenvalue weighted by molar-refractivity contribution is -0.119. The van der Waals surface area contributed by atoms with Crippen molar-refractivity contribution in [3.05, 3.63) is 57.6 Å². The van der Waals surface area contributed by atoms with Crippen LogP contribution in [0.5, 0.6) is 5.75 Å². The fourth-order valence-electron chi connectivity index (χ4n) is 2.46. The van der Waals surface area contributed by atoms with Crippen molar-refractivity contribution >= 4 is 44.8 Å². The fraction of sp³-hybridized carbons (Fsp3) is 0.316. The van der Waals surface area contributed by atoms with E-state index in [-0.39, 0.29) is 19.7 Å². The minimum absolute atomic E-state index is 0.219. The average Bonchev–Trinajstić information content (AvgIpc) is 2.61. The van der Waals surface area contributed by atoms with Crippen molar-refractivity contribution in [2.75, 3.05) is 30.3 Å². The molecule has 0 atom stereocenters. The van der Waals surface area contributed by atoms with Crippen molar-refractivity contribution in [2.24, 2.45) is 0 Å². The van der Waals surface area contributed by atoms with Crippen LogP contribution >= 0.6 is 23.2 Å². The molecule has 0 bridgehead atoms. The highest BCUT2D eigenvalue weighted by molar-refractivity contribution is 7.92. The second kappa shape index (κ2) is 9.49. The molecule has 0 aliphatic heterocycles. The Labute approximate surface area is 175 Å². The molecule has 0 heterocycles. The van der Waals surface area contributed by atoms with Gasteiger partial charge in [0.25, 0.3) is 0 Å². The summed E-state index contributed by atoms with van der Waals surface area (Å²) in [5.74, 6) is 0.146. The van der Waals surface area contributed by atoms with E-state index in [1.807, 2.05) is 13.0 Å². The Balaban J connectivity index is 1.95. The first-order valence-electron chi connectivity index (χ1n) is 8.48. The number of ether oxygens (including phenoxy) is 1. The molecular formula is C19H22Cl2N2O4S. The zero-order valence-corrected chi connectivity index (χ0v) is 18.2. The number of halogens is 2. The number of hydrogen-bond donors (Lipinski definition) is 1. The normalized spacial score (nSPS) is 11.2. The van der Waals surface area contributed by atoms with E-state index in [2.05, 4.69) is 5.32 Å². The minimum Gasteiger partial charge on any atom is -0.492 e. The third kappa shape index (κ3) is 6.02. The van der Waals surface area contributed by atoms with Crippen molar-refractivity contribution < 1.29 is 17.9 Å². The summed E-state index contributed by atoms with van der Waals surface area (Å²) in [4.78, 5) is 12.3. The molecule has 6 nitrogen and oxygen atoms in total. The van der Waals surface area contributed by atoms with Crippen LogP contribution in [0.2, 0.25) is 10.0 Å². The van der Waals surface area contributed by atoms with Crippen LogP contribution in [0.4, 0.5) is 5.69 Å². The van der Waals surface area contributed by atoms with Gasteiger partial charge in [0, 0.05) is 10.0 Å². The van der Waals surface area contributed by atoms with Crippen molar-refractivity contribution in [3.8, 4) is 5.75 Å². The number of amides is 1. The molecule has 28 heavy (non-hydrogen) atoms. The molecule has 0 aliphatic carbocycles. The van der Waals surface area contributed by atoms with E-state index < -0.39 is 15.9 Å². The number of carbonyl (C=O) groups is 1. The Morgan fingerprint density at radius 1 is 1.14 bits per heavy atom. The zero-order chi connectivity index (χ0) is 20.9. The lowest BCUT2D eigenvalue weighted by Crippen LogP contribution is -2.41. The van der Waals surface area contributed by atoms with Crippen molar-refractivity contribution in [1.29, 1.82) is 0 Å². The molecule has 1 N–H and O–H groups in total. The number of carbonyl (C=O) groups excluding carboxylic acids is 1. The zero-order valence-electron chi connectivity index (χ0n) is 15.8. The summed E-state index contributed by atoms with van der Waals surface area (Å²) >= 11 is 12.1. The van der Waals surface area contributed by atoms with Gasteiger partial charge in [-0.25, -0.2) is 8.42 Å². The Bertz CT molecular complexity index is 964. The molecule has 2 aromatic carbocycles. The molecule has 1 amide bonds. The van der Waals surface area contributed by atoms with Gasteiger partial charge in [0.2, 0.25) is 15.9 Å². The monoisotopic (exact) mass is 444 g/mol. The highest BCUT2D eigenvalue weighted by Gasteiger charge is 2.22. The van der Waals surface area contributed by atoms with Gasteiger partial charge in [-0.1, -0.05) is 35.3 Å². The summed E-state index contributed by atoms with van der Waals surface area (Å²) in [6.07, 6.45) is 1.05. The van der Waals surface area contributed by atoms with E-state index in [1.54, 1.807) is 37.3 Å². The van der Waals surface area contributed by atoms with Gasteiger partial charge in [0.1, 0.15) is 18.9 Å². The van der Waals surface area contributed by atoms with Crippen molar-refractivity contribution in [3.63, 3.8) is 0 Å². The van der Waals surface area contributed by atoms with E-state index in [4.69, 9.17) is 27.9 Å². The first-order valence-corrected chi connectivity index (χ1v) is 11.1. The molecule has 2 aromatic rings. The SMILES string of the molecule is Cc1ccc(OCCNC(=O)CN(c2cccc(Cl)c2C)S(C)(=O)=O)cc1Cl. The number of rotatable bonds is 8. The molecule has 9 heteroatoms. The van der Waals surface area contributed by atoms with Gasteiger partial charge in [0.15, 0.2) is 0 Å². The van der Waals surface area contributed by atoms with Gasteiger partial charge >= 0.3 is 0 Å². The van der Waals surface area contributed by atoms with Crippen LogP contribution < -0.4 is 14.4 Å². The van der Waals surface area contributed by atoms with E-state index in [0.717, 1.165) is 16.1 Å². The summed E-state index contributed by atoms with van der Waals surface area (Å²) in [5.41, 5.74) is 1.90. The maximum atomic E-state index is 12.3. The number of sulfonamides is 1. The van der Waals surface area contributed by atoms with E-state index in [0.29, 0.717) is 27.0 Å². The quantitative estimate of drug-likeness (QED) is 0.631. The Morgan fingerprint density at radius 2 is 1.86 bits per heavy atom. The van der Waals surface area contributed by atoms with E-state index in [9.17, 15) is 13.2 Å². The summed E-state index contributed by atoms with van der Waals surface area (Å²) in [7, 11) is -3.67. The largest absolute Gasteiger partial charge is 0.492 e. The van der Waals surface area contributed by atoms with Crippen LogP contribution in [0.15, 0.2) is 36.4 Å². The van der Waals surface area contributed by atoms with Crippen LogP contribution in [0.1, 0.15) is 11.1 Å². The highest BCUT2D eigenvalue weighted by atomic mass is 35.5. The second-order valence-corrected chi connectivity index (χ2v) is 8.98. The summed E-state index contributed by atoms with van der Waals surface area (Å²) in [6.45, 7) is 3.68. The third-order valence-electron chi connectivity index (χ3n) is 4.03. The molecule has 0 fully saturated rings. The van der Waals surface area contributed by atoms with Crippen LogP contribution in [0.3, 0.4) is 0 Å². The Morgan fingerprint density at radius 3 is 2.50 bits per heavy atom. The molecule has 152 valence electrons. The van der Waals surface area contributed by atoms with Crippen LogP contribution in [0.25, 0.3) is 0 Å². The summed E-state index contributed by atoms with van der Waals surface area (Å²) in [5, 5.41) is 3.68. The number of benzene rings is 2. The molecule has 0 aromatic heterocycles.